The van der Waals surface area contributed by atoms with Crippen molar-refractivity contribution in [1.29, 1.82) is 0 Å². The molecule has 0 bridgehead atoms. The molecule has 3 heterocycles. The van der Waals surface area contributed by atoms with Crippen molar-refractivity contribution in [3.63, 3.8) is 0 Å². The van der Waals surface area contributed by atoms with Gasteiger partial charge in [-0.15, -0.1) is 0 Å². The van der Waals surface area contributed by atoms with E-state index in [0.29, 0.717) is 31.2 Å². The summed E-state index contributed by atoms with van der Waals surface area (Å²) >= 11 is 0. The summed E-state index contributed by atoms with van der Waals surface area (Å²) in [6.07, 6.45) is 4.70. The Labute approximate surface area is 229 Å². The van der Waals surface area contributed by atoms with Crippen LogP contribution in [-0.4, -0.2) is 47.5 Å². The predicted octanol–water partition coefficient (Wildman–Crippen LogP) is 4.99. The maximum absolute atomic E-state index is 13.3. The lowest BCUT2D eigenvalue weighted by atomic mass is 9.87. The van der Waals surface area contributed by atoms with Crippen molar-refractivity contribution in [2.45, 2.75) is 65.2 Å². The fourth-order valence-corrected chi connectivity index (χ4v) is 5.26. The van der Waals surface area contributed by atoms with Crippen LogP contribution < -0.4 is 10.1 Å². The highest BCUT2D eigenvalue weighted by Crippen LogP contribution is 2.38. The fourth-order valence-electron chi connectivity index (χ4n) is 5.26. The summed E-state index contributed by atoms with van der Waals surface area (Å²) in [5.41, 5.74) is 4.76. The summed E-state index contributed by atoms with van der Waals surface area (Å²) in [5, 5.41) is 2.85. The van der Waals surface area contributed by atoms with E-state index in [1.54, 1.807) is 0 Å². The summed E-state index contributed by atoms with van der Waals surface area (Å²) in [6, 6.07) is 14.3. The van der Waals surface area contributed by atoms with E-state index in [0.717, 1.165) is 37.0 Å². The molecule has 0 saturated carbocycles. The third kappa shape index (κ3) is 6.50. The van der Waals surface area contributed by atoms with Gasteiger partial charge in [0.25, 0.3) is 5.91 Å². The smallest absolute Gasteiger partial charge is 0.273 e. The number of benzene rings is 2. The van der Waals surface area contributed by atoms with Crippen molar-refractivity contribution in [2.24, 2.45) is 5.92 Å². The lowest BCUT2D eigenvalue weighted by Crippen LogP contribution is -2.41. The van der Waals surface area contributed by atoms with Crippen molar-refractivity contribution in [3.05, 3.63) is 82.6 Å². The van der Waals surface area contributed by atoms with Gasteiger partial charge in [-0.05, 0) is 60.9 Å². The van der Waals surface area contributed by atoms with E-state index in [-0.39, 0.29) is 42.2 Å². The van der Waals surface area contributed by atoms with Gasteiger partial charge in [0.15, 0.2) is 12.3 Å². The number of aryl methyl sites for hydroxylation is 1. The van der Waals surface area contributed by atoms with Crippen LogP contribution in [-0.2, 0) is 22.6 Å². The Bertz CT molecular complexity index is 1290. The van der Waals surface area contributed by atoms with Crippen LogP contribution in [0.15, 0.2) is 53.1 Å². The first-order valence-corrected chi connectivity index (χ1v) is 13.8. The summed E-state index contributed by atoms with van der Waals surface area (Å²) in [6.45, 7) is 8.19. The second-order valence-electron chi connectivity index (χ2n) is 10.9. The largest absolute Gasteiger partial charge is 0.484 e. The predicted molar refractivity (Wildman–Crippen MR) is 146 cm³/mol. The Balaban J connectivity index is 1.30. The average molecular weight is 532 g/mol. The van der Waals surface area contributed by atoms with Crippen LogP contribution in [0.4, 0.5) is 0 Å². The number of nitrogens with zero attached hydrogens (tertiary/aromatic N) is 2. The lowest BCUT2D eigenvalue weighted by Gasteiger charge is -2.38. The molecule has 39 heavy (non-hydrogen) atoms. The summed E-state index contributed by atoms with van der Waals surface area (Å²) in [5.74, 6) is 1.14. The van der Waals surface area contributed by atoms with Gasteiger partial charge in [-0.25, -0.2) is 4.98 Å². The maximum Gasteiger partial charge on any atom is 0.273 e. The molecule has 0 radical (unpaired) electrons. The number of ether oxygens (including phenoxy) is 2. The third-order valence-corrected chi connectivity index (χ3v) is 7.30. The molecular formula is C31H37N3O5. The molecule has 1 saturated heterocycles. The first-order chi connectivity index (χ1) is 18.9. The van der Waals surface area contributed by atoms with Gasteiger partial charge < -0.3 is 24.1 Å². The average Bonchev–Trinajstić information content (AvgIpc) is 3.62. The first-order valence-electron chi connectivity index (χ1n) is 13.8. The molecule has 0 unspecified atom stereocenters. The molecular weight excluding hydrogens is 494 g/mol. The summed E-state index contributed by atoms with van der Waals surface area (Å²) < 4.78 is 17.1. The molecule has 2 amide bonds. The monoisotopic (exact) mass is 531 g/mol. The van der Waals surface area contributed by atoms with E-state index in [9.17, 15) is 9.59 Å². The lowest BCUT2D eigenvalue weighted by molar-refractivity contribution is -0.134. The Morgan fingerprint density at radius 1 is 1.18 bits per heavy atom. The number of nitrogens with one attached hydrogen (secondary N) is 1. The molecule has 3 aromatic rings. The number of fused-ring (bicyclic) bond motifs is 1. The van der Waals surface area contributed by atoms with Gasteiger partial charge in [-0.2, -0.15) is 0 Å². The van der Waals surface area contributed by atoms with E-state index >= 15 is 0 Å². The highest BCUT2D eigenvalue weighted by atomic mass is 16.5. The number of aromatic nitrogens is 1. The molecule has 0 aliphatic carbocycles. The van der Waals surface area contributed by atoms with E-state index in [2.05, 4.69) is 61.4 Å². The molecule has 0 spiro atoms. The molecule has 206 valence electrons. The van der Waals surface area contributed by atoms with Crippen molar-refractivity contribution in [3.8, 4) is 5.75 Å². The minimum atomic E-state index is -0.290. The maximum atomic E-state index is 13.3. The highest BCUT2D eigenvalue weighted by molar-refractivity contribution is 5.91. The molecule has 2 atom stereocenters. The van der Waals surface area contributed by atoms with Crippen LogP contribution in [0.1, 0.15) is 77.8 Å². The molecule has 1 N–H and O–H groups in total. The number of carbonyl (C=O) groups excluding carboxylic acids is 2. The van der Waals surface area contributed by atoms with Crippen LogP contribution in [0.5, 0.6) is 5.75 Å². The number of oxazole rings is 1. The van der Waals surface area contributed by atoms with Crippen molar-refractivity contribution in [2.75, 3.05) is 19.7 Å². The number of hydrogen-bond acceptors (Lipinski definition) is 6. The van der Waals surface area contributed by atoms with Crippen LogP contribution in [0.25, 0.3) is 0 Å². The Morgan fingerprint density at radius 2 is 2.00 bits per heavy atom. The van der Waals surface area contributed by atoms with Crippen molar-refractivity contribution in [1.82, 2.24) is 15.2 Å². The Hall–Kier alpha value is -3.65. The van der Waals surface area contributed by atoms with Gasteiger partial charge in [0.05, 0.1) is 12.1 Å². The molecule has 1 aromatic heterocycles. The summed E-state index contributed by atoms with van der Waals surface area (Å²) in [4.78, 5) is 32.0. The minimum absolute atomic E-state index is 0.0630. The summed E-state index contributed by atoms with van der Waals surface area (Å²) in [7, 11) is 0. The van der Waals surface area contributed by atoms with E-state index in [1.807, 2.05) is 17.0 Å². The van der Waals surface area contributed by atoms with Gasteiger partial charge in [0.2, 0.25) is 11.8 Å². The van der Waals surface area contributed by atoms with E-state index in [4.69, 9.17) is 13.9 Å². The van der Waals surface area contributed by atoms with Gasteiger partial charge in [-0.1, -0.05) is 49.7 Å². The molecule has 2 aliphatic heterocycles. The minimum Gasteiger partial charge on any atom is -0.484 e. The third-order valence-electron chi connectivity index (χ3n) is 7.30. The number of hydrogen-bond donors (Lipinski definition) is 1. The molecule has 2 aromatic carbocycles. The molecule has 2 aliphatic rings. The zero-order valence-electron chi connectivity index (χ0n) is 22.9. The van der Waals surface area contributed by atoms with Crippen LogP contribution >= 0.6 is 0 Å². The molecule has 8 heteroatoms. The van der Waals surface area contributed by atoms with Crippen LogP contribution in [0.3, 0.4) is 0 Å². The zero-order chi connectivity index (χ0) is 27.4. The fraction of sp³-hybridized carbons (Fsp3) is 0.452. The zero-order valence-corrected chi connectivity index (χ0v) is 22.9. The SMILES string of the molecule is Cc1ccc([C@@H]2c3cc(OCc4nc(C(=O)NC[C@@H]5CCCO5)co4)ccc3CCN2C(=O)CC(C)C)cc1. The standard InChI is InChI=1S/C31H37N3O5/c1-20(2)15-29(35)34-13-12-22-10-11-24(16-26(22)30(34)23-8-6-21(3)7-9-23)38-19-28-33-27(18-39-28)31(36)32-17-25-5-4-14-37-25/h6-11,16,18,20,25,30H,4-5,12-15,17,19H2,1-3H3,(H,32,36)/t25-,30+/m0/s1. The molecule has 5 rings (SSSR count). The highest BCUT2D eigenvalue weighted by Gasteiger charge is 2.32. The van der Waals surface area contributed by atoms with E-state index < -0.39 is 0 Å². The second kappa shape index (κ2) is 12.0. The molecule has 8 nitrogen and oxygen atoms in total. The Kier molecular flexibility index (Phi) is 8.31. The van der Waals surface area contributed by atoms with Crippen LogP contribution in [0.2, 0.25) is 0 Å². The number of rotatable bonds is 9. The van der Waals surface area contributed by atoms with Gasteiger partial charge in [0, 0.05) is 26.1 Å². The number of amides is 2. The van der Waals surface area contributed by atoms with Crippen molar-refractivity contribution < 1.29 is 23.5 Å². The van der Waals surface area contributed by atoms with Crippen LogP contribution in [0, 0.1) is 12.8 Å². The second-order valence-corrected chi connectivity index (χ2v) is 10.9. The first kappa shape index (κ1) is 26.9. The quantitative estimate of drug-likeness (QED) is 0.418. The van der Waals surface area contributed by atoms with Gasteiger partial charge in [0.1, 0.15) is 12.0 Å². The van der Waals surface area contributed by atoms with Gasteiger partial charge in [-0.3, -0.25) is 9.59 Å². The topological polar surface area (TPSA) is 93.9 Å². The normalized spacial score (nSPS) is 18.7. The number of carbonyl (C=O) groups is 2. The van der Waals surface area contributed by atoms with Crippen molar-refractivity contribution >= 4 is 11.8 Å². The Morgan fingerprint density at radius 3 is 2.74 bits per heavy atom. The van der Waals surface area contributed by atoms with Gasteiger partial charge >= 0.3 is 0 Å². The van der Waals surface area contributed by atoms with E-state index in [1.165, 1.54) is 17.4 Å². The molecule has 1 fully saturated rings.